The molecule has 0 spiro atoms. The van der Waals surface area contributed by atoms with Gasteiger partial charge >= 0.3 is 0 Å². The maximum absolute atomic E-state index is 13.1. The van der Waals surface area contributed by atoms with E-state index in [0.29, 0.717) is 31.9 Å². The SMILES string of the molecule is CS(=O)(=O)c1ccc([N+](=O)[O-])c(N2CCN(c3ccc(F)cc3)CC2)c1. The Morgan fingerprint density at radius 3 is 2.12 bits per heavy atom. The van der Waals surface area contributed by atoms with E-state index >= 15 is 0 Å². The summed E-state index contributed by atoms with van der Waals surface area (Å²) in [5, 5.41) is 11.3. The maximum Gasteiger partial charge on any atom is 0.292 e. The summed E-state index contributed by atoms with van der Waals surface area (Å²) in [6, 6.07) is 10.0. The molecule has 2 aromatic rings. The molecule has 138 valence electrons. The fraction of sp³-hybridized carbons (Fsp3) is 0.294. The molecule has 1 fully saturated rings. The third-order valence-corrected chi connectivity index (χ3v) is 5.49. The van der Waals surface area contributed by atoms with Crippen LogP contribution in [0.3, 0.4) is 0 Å². The van der Waals surface area contributed by atoms with Crippen molar-refractivity contribution in [3.63, 3.8) is 0 Å². The lowest BCUT2D eigenvalue weighted by Crippen LogP contribution is -2.46. The van der Waals surface area contributed by atoms with Crippen molar-refractivity contribution in [2.24, 2.45) is 0 Å². The quantitative estimate of drug-likeness (QED) is 0.599. The second-order valence-corrected chi connectivity index (χ2v) is 8.15. The van der Waals surface area contributed by atoms with Gasteiger partial charge in [-0.25, -0.2) is 12.8 Å². The molecule has 1 aliphatic heterocycles. The number of hydrogen-bond donors (Lipinski definition) is 0. The topological polar surface area (TPSA) is 83.8 Å². The number of halogens is 1. The lowest BCUT2D eigenvalue weighted by atomic mass is 10.2. The van der Waals surface area contributed by atoms with Gasteiger partial charge in [0.25, 0.3) is 5.69 Å². The van der Waals surface area contributed by atoms with Crippen molar-refractivity contribution in [3.05, 3.63) is 58.4 Å². The zero-order chi connectivity index (χ0) is 18.9. The highest BCUT2D eigenvalue weighted by Gasteiger charge is 2.25. The van der Waals surface area contributed by atoms with Crippen LogP contribution < -0.4 is 9.80 Å². The first-order valence-corrected chi connectivity index (χ1v) is 9.89. The van der Waals surface area contributed by atoms with E-state index in [1.165, 1.54) is 30.3 Å². The molecule has 0 aromatic heterocycles. The summed E-state index contributed by atoms with van der Waals surface area (Å²) in [5.74, 6) is -0.305. The summed E-state index contributed by atoms with van der Waals surface area (Å²) >= 11 is 0. The number of nitro groups is 1. The van der Waals surface area contributed by atoms with Gasteiger partial charge in [0.2, 0.25) is 0 Å². The first-order chi connectivity index (χ1) is 12.3. The van der Waals surface area contributed by atoms with Crippen LogP contribution in [0.4, 0.5) is 21.5 Å². The lowest BCUT2D eigenvalue weighted by molar-refractivity contribution is -0.384. The van der Waals surface area contributed by atoms with Crippen LogP contribution in [0.5, 0.6) is 0 Å². The molecule has 0 radical (unpaired) electrons. The van der Waals surface area contributed by atoms with Gasteiger partial charge in [-0.3, -0.25) is 10.1 Å². The average molecular weight is 379 g/mol. The molecule has 0 saturated carbocycles. The number of nitro benzene ring substituents is 1. The van der Waals surface area contributed by atoms with Crippen molar-refractivity contribution in [3.8, 4) is 0 Å². The monoisotopic (exact) mass is 379 g/mol. The van der Waals surface area contributed by atoms with Crippen LogP contribution in [0.1, 0.15) is 0 Å². The third-order valence-electron chi connectivity index (χ3n) is 4.38. The minimum absolute atomic E-state index is 0.0547. The average Bonchev–Trinajstić information content (AvgIpc) is 2.61. The molecule has 3 rings (SSSR count). The molecule has 9 heteroatoms. The molecule has 0 aliphatic carbocycles. The maximum atomic E-state index is 13.1. The van der Waals surface area contributed by atoms with Crippen LogP contribution in [0.15, 0.2) is 47.4 Å². The predicted octanol–water partition coefficient (Wildman–Crippen LogP) is 2.46. The Morgan fingerprint density at radius 2 is 1.58 bits per heavy atom. The van der Waals surface area contributed by atoms with Crippen LogP contribution in [-0.2, 0) is 9.84 Å². The van der Waals surface area contributed by atoms with Gasteiger partial charge in [-0.2, -0.15) is 0 Å². The van der Waals surface area contributed by atoms with E-state index in [2.05, 4.69) is 4.90 Å². The molecule has 2 aromatic carbocycles. The number of piperazine rings is 1. The number of rotatable bonds is 4. The summed E-state index contributed by atoms with van der Waals surface area (Å²) in [4.78, 5) is 14.7. The van der Waals surface area contributed by atoms with Crippen molar-refractivity contribution in [1.82, 2.24) is 0 Å². The summed E-state index contributed by atoms with van der Waals surface area (Å²) in [6.07, 6.45) is 1.07. The summed E-state index contributed by atoms with van der Waals surface area (Å²) in [6.45, 7) is 2.16. The predicted molar refractivity (Wildman–Crippen MR) is 97.0 cm³/mol. The van der Waals surface area contributed by atoms with E-state index in [0.717, 1.165) is 11.9 Å². The van der Waals surface area contributed by atoms with Gasteiger partial charge < -0.3 is 9.80 Å². The number of hydrogen-bond acceptors (Lipinski definition) is 6. The second kappa shape index (κ2) is 6.91. The van der Waals surface area contributed by atoms with E-state index in [-0.39, 0.29) is 16.4 Å². The van der Waals surface area contributed by atoms with E-state index in [4.69, 9.17) is 0 Å². The highest BCUT2D eigenvalue weighted by Crippen LogP contribution is 2.32. The summed E-state index contributed by atoms with van der Waals surface area (Å²) in [5.41, 5.74) is 1.06. The standard InChI is InChI=1S/C17H18FN3O4S/c1-26(24,25)15-6-7-16(21(22)23)17(12-15)20-10-8-19(9-11-20)14-4-2-13(18)3-5-14/h2-7,12H,8-11H2,1H3. The van der Waals surface area contributed by atoms with Gasteiger partial charge in [0.15, 0.2) is 9.84 Å². The van der Waals surface area contributed by atoms with Gasteiger partial charge in [-0.05, 0) is 36.4 Å². The van der Waals surface area contributed by atoms with Gasteiger partial charge in [0.1, 0.15) is 11.5 Å². The molecule has 1 heterocycles. The molecule has 7 nitrogen and oxygen atoms in total. The first-order valence-electron chi connectivity index (χ1n) is 7.99. The number of benzene rings is 2. The number of anilines is 2. The van der Waals surface area contributed by atoms with E-state index < -0.39 is 14.8 Å². The van der Waals surface area contributed by atoms with Crippen LogP contribution in [0, 0.1) is 15.9 Å². The van der Waals surface area contributed by atoms with Gasteiger partial charge in [0, 0.05) is 44.2 Å². The molecule has 26 heavy (non-hydrogen) atoms. The molecule has 1 aliphatic rings. The van der Waals surface area contributed by atoms with E-state index in [1.54, 1.807) is 12.1 Å². The Morgan fingerprint density at radius 1 is 1.00 bits per heavy atom. The Bertz CT molecular complexity index is 924. The van der Waals surface area contributed by atoms with Crippen molar-refractivity contribution >= 4 is 26.9 Å². The van der Waals surface area contributed by atoms with Gasteiger partial charge in [-0.1, -0.05) is 0 Å². The minimum atomic E-state index is -3.46. The number of sulfone groups is 1. The zero-order valence-electron chi connectivity index (χ0n) is 14.1. The van der Waals surface area contributed by atoms with Crippen molar-refractivity contribution in [2.45, 2.75) is 4.90 Å². The summed E-state index contributed by atoms with van der Waals surface area (Å²) in [7, 11) is -3.46. The van der Waals surface area contributed by atoms with E-state index in [9.17, 15) is 22.9 Å². The fourth-order valence-electron chi connectivity index (χ4n) is 3.00. The molecular formula is C17H18FN3O4S. The Labute approximate surface area is 150 Å². The number of nitrogens with zero attached hydrogens (tertiary/aromatic N) is 3. The normalized spacial score (nSPS) is 15.2. The highest BCUT2D eigenvalue weighted by molar-refractivity contribution is 7.90. The minimum Gasteiger partial charge on any atom is -0.368 e. The molecular weight excluding hydrogens is 361 g/mol. The fourth-order valence-corrected chi connectivity index (χ4v) is 3.64. The Hall–Kier alpha value is -2.68. The first kappa shape index (κ1) is 18.1. The molecule has 0 atom stereocenters. The van der Waals surface area contributed by atoms with Gasteiger partial charge in [-0.15, -0.1) is 0 Å². The third kappa shape index (κ3) is 3.77. The van der Waals surface area contributed by atoms with Crippen molar-refractivity contribution in [2.75, 3.05) is 42.2 Å². The van der Waals surface area contributed by atoms with Crippen LogP contribution >= 0.6 is 0 Å². The van der Waals surface area contributed by atoms with Crippen molar-refractivity contribution in [1.29, 1.82) is 0 Å². The molecule has 0 unspecified atom stereocenters. The molecule has 0 bridgehead atoms. The van der Waals surface area contributed by atoms with E-state index in [1.807, 2.05) is 4.90 Å². The zero-order valence-corrected chi connectivity index (χ0v) is 14.9. The largest absolute Gasteiger partial charge is 0.368 e. The van der Waals surface area contributed by atoms with Gasteiger partial charge in [0.05, 0.1) is 9.82 Å². The van der Waals surface area contributed by atoms with Crippen LogP contribution in [-0.4, -0.2) is 45.8 Å². The smallest absolute Gasteiger partial charge is 0.292 e. The van der Waals surface area contributed by atoms with Crippen molar-refractivity contribution < 1.29 is 17.7 Å². The summed E-state index contributed by atoms with van der Waals surface area (Å²) < 4.78 is 36.6. The molecule has 0 amide bonds. The Balaban J connectivity index is 1.84. The lowest BCUT2D eigenvalue weighted by Gasteiger charge is -2.37. The van der Waals surface area contributed by atoms with Crippen LogP contribution in [0.25, 0.3) is 0 Å². The Kier molecular flexibility index (Phi) is 4.82. The molecule has 1 saturated heterocycles. The molecule has 0 N–H and O–H groups in total. The van der Waals surface area contributed by atoms with Crippen LogP contribution in [0.2, 0.25) is 0 Å². The highest BCUT2D eigenvalue weighted by atomic mass is 32.2. The second-order valence-electron chi connectivity index (χ2n) is 6.13.